The summed E-state index contributed by atoms with van der Waals surface area (Å²) in [4.78, 5) is 42.3. The summed E-state index contributed by atoms with van der Waals surface area (Å²) in [5.74, 6) is -1.31. The number of hydrogen-bond donors (Lipinski definition) is 1. The number of aliphatic hydroxyl groups excluding tert-OH is 1. The lowest BCUT2D eigenvalue weighted by Gasteiger charge is -2.31. The van der Waals surface area contributed by atoms with Crippen LogP contribution in [-0.2, 0) is 26.5 Å². The number of likely N-dealkylation sites (tertiary alicyclic amines) is 1. The minimum absolute atomic E-state index is 0.123. The molecular weight excluding hydrogens is 648 g/mol. The Morgan fingerprint density at radius 3 is 2.70 bits per heavy atom. The number of non-ortho nitro benzene ring substituents is 1. The molecule has 5 atom stereocenters. The number of fused-ring (bicyclic) bond motifs is 2. The first-order chi connectivity index (χ1) is 18.9. The first kappa shape index (κ1) is 29.1. The lowest BCUT2D eigenvalue weighted by atomic mass is 9.82. The van der Waals surface area contributed by atoms with Crippen LogP contribution >= 0.6 is 22.6 Å². The Hall–Kier alpha value is -2.42. The van der Waals surface area contributed by atoms with Crippen LogP contribution in [0.1, 0.15) is 37.3 Å². The van der Waals surface area contributed by atoms with Crippen LogP contribution < -0.4 is 4.90 Å². The maximum atomic E-state index is 16.1. The largest absolute Gasteiger partial charge is 0.394 e. The fraction of sp³-hybridized carbons (Fsp3) is 0.500. The first-order valence-corrected chi connectivity index (χ1v) is 17.5. The maximum Gasteiger partial charge on any atom is 0.269 e. The number of nitro groups is 1. The van der Waals surface area contributed by atoms with Crippen LogP contribution in [0.25, 0.3) is 0 Å². The molecule has 5 rings (SSSR count). The van der Waals surface area contributed by atoms with Gasteiger partial charge in [-0.15, -0.1) is 0 Å². The fourth-order valence-electron chi connectivity index (χ4n) is 6.97. The smallest absolute Gasteiger partial charge is 0.269 e. The van der Waals surface area contributed by atoms with Gasteiger partial charge in [0.2, 0.25) is 14.3 Å². The highest BCUT2D eigenvalue weighted by molar-refractivity contribution is 14.1. The molecule has 0 bridgehead atoms. The quantitative estimate of drug-likeness (QED) is 0.146. The highest BCUT2D eigenvalue weighted by atomic mass is 127. The standard InChI is InChI=1S/C28H33FIN3O6Si/c1-17-26(40(2,3)29)24(14-25(35)31-11-5-8-21(31)16-34)39-28(17)22-13-20(33(37)38)9-10-23(22)32(27(28)36)15-18-6-4-7-19(30)12-18/h4,6-7,9-10,12-13,17,21,24,26,34H,5,8,11,14-16H2,1-3H3/t17-,21+,24+,26-,28+/m1/s1. The molecule has 1 spiro atoms. The van der Waals surface area contributed by atoms with Crippen molar-refractivity contribution in [3.63, 3.8) is 0 Å². The third-order valence-corrected chi connectivity index (χ3v) is 11.8. The summed E-state index contributed by atoms with van der Waals surface area (Å²) >= 11 is 2.20. The molecule has 3 heterocycles. The van der Waals surface area contributed by atoms with Gasteiger partial charge >= 0.3 is 0 Å². The molecule has 3 aliphatic rings. The maximum absolute atomic E-state index is 16.1. The van der Waals surface area contributed by atoms with E-state index in [1.54, 1.807) is 35.9 Å². The van der Waals surface area contributed by atoms with E-state index in [2.05, 4.69) is 22.6 Å². The molecule has 12 heteroatoms. The van der Waals surface area contributed by atoms with Gasteiger partial charge in [-0.1, -0.05) is 19.1 Å². The number of amides is 2. The van der Waals surface area contributed by atoms with Gasteiger partial charge < -0.3 is 23.8 Å². The lowest BCUT2D eigenvalue weighted by molar-refractivity contribution is -0.385. The van der Waals surface area contributed by atoms with Gasteiger partial charge in [0.1, 0.15) is 0 Å². The third-order valence-electron chi connectivity index (χ3n) is 8.67. The molecule has 2 fully saturated rings. The Bertz CT molecular complexity index is 1360. The molecule has 0 aliphatic carbocycles. The van der Waals surface area contributed by atoms with Crippen molar-refractivity contribution in [2.45, 2.75) is 69.1 Å². The molecule has 2 saturated heterocycles. The Balaban J connectivity index is 1.58. The van der Waals surface area contributed by atoms with Crippen molar-refractivity contribution in [1.29, 1.82) is 0 Å². The van der Waals surface area contributed by atoms with Crippen LogP contribution in [-0.4, -0.2) is 60.4 Å². The van der Waals surface area contributed by atoms with Gasteiger partial charge in [-0.2, -0.15) is 0 Å². The molecule has 3 aliphatic heterocycles. The summed E-state index contributed by atoms with van der Waals surface area (Å²) in [6.45, 7) is 5.46. The van der Waals surface area contributed by atoms with Crippen LogP contribution in [0.15, 0.2) is 42.5 Å². The minimum atomic E-state index is -3.52. The van der Waals surface area contributed by atoms with E-state index in [9.17, 15) is 24.8 Å². The predicted octanol–water partition coefficient (Wildman–Crippen LogP) is 4.89. The topological polar surface area (TPSA) is 113 Å². The highest BCUT2D eigenvalue weighted by Gasteiger charge is 2.67. The van der Waals surface area contributed by atoms with E-state index in [4.69, 9.17) is 4.74 Å². The Morgan fingerprint density at radius 2 is 2.05 bits per heavy atom. The molecule has 1 N–H and O–H groups in total. The van der Waals surface area contributed by atoms with Gasteiger partial charge in [-0.05, 0) is 72.3 Å². The molecular formula is C28H33FIN3O6Si. The van der Waals surface area contributed by atoms with E-state index in [0.29, 0.717) is 24.2 Å². The zero-order valence-electron chi connectivity index (χ0n) is 22.7. The molecule has 0 aromatic heterocycles. The predicted molar refractivity (Wildman–Crippen MR) is 158 cm³/mol. The number of aliphatic hydroxyl groups is 1. The van der Waals surface area contributed by atoms with Crippen LogP contribution in [0.2, 0.25) is 18.6 Å². The average molecular weight is 682 g/mol. The number of nitrogens with zero attached hydrogens (tertiary/aromatic N) is 3. The summed E-state index contributed by atoms with van der Waals surface area (Å²) in [6.07, 6.45) is 0.465. The second-order valence-corrected chi connectivity index (χ2v) is 16.6. The molecule has 0 unspecified atom stereocenters. The van der Waals surface area contributed by atoms with Crippen molar-refractivity contribution in [3.8, 4) is 0 Å². The Kier molecular flexibility index (Phi) is 7.83. The third kappa shape index (κ3) is 4.86. The van der Waals surface area contributed by atoms with Crippen LogP contribution in [0.5, 0.6) is 0 Å². The van der Waals surface area contributed by atoms with E-state index in [0.717, 1.165) is 15.6 Å². The highest BCUT2D eigenvalue weighted by Crippen LogP contribution is 2.60. The number of carbonyl (C=O) groups is 2. The van der Waals surface area contributed by atoms with Crippen molar-refractivity contribution in [3.05, 3.63) is 67.3 Å². The Morgan fingerprint density at radius 1 is 1.30 bits per heavy atom. The monoisotopic (exact) mass is 681 g/mol. The van der Waals surface area contributed by atoms with Crippen molar-refractivity contribution >= 4 is 54.2 Å². The molecule has 214 valence electrons. The van der Waals surface area contributed by atoms with E-state index in [-0.39, 0.29) is 37.2 Å². The van der Waals surface area contributed by atoms with Gasteiger partial charge in [0.15, 0.2) is 5.60 Å². The number of halogens is 2. The summed E-state index contributed by atoms with van der Waals surface area (Å²) < 4.78 is 23.7. The van der Waals surface area contributed by atoms with Gasteiger partial charge in [-0.3, -0.25) is 19.7 Å². The summed E-state index contributed by atoms with van der Waals surface area (Å²) in [6, 6.07) is 11.7. The molecule has 9 nitrogen and oxygen atoms in total. The van der Waals surface area contributed by atoms with Gasteiger partial charge in [0.05, 0.1) is 42.3 Å². The van der Waals surface area contributed by atoms with Crippen molar-refractivity contribution < 1.29 is 28.5 Å². The number of nitro benzene ring substituents is 1. The number of ether oxygens (including phenoxy) is 1. The summed E-state index contributed by atoms with van der Waals surface area (Å²) in [5, 5.41) is 21.5. The normalized spacial score (nSPS) is 28.0. The second kappa shape index (κ2) is 10.8. The molecule has 0 radical (unpaired) electrons. The van der Waals surface area contributed by atoms with Crippen molar-refractivity contribution in [2.75, 3.05) is 18.1 Å². The van der Waals surface area contributed by atoms with Gasteiger partial charge in [0.25, 0.3) is 11.6 Å². The minimum Gasteiger partial charge on any atom is -0.394 e. The van der Waals surface area contributed by atoms with Crippen LogP contribution in [0.3, 0.4) is 0 Å². The second-order valence-electron chi connectivity index (χ2n) is 11.5. The molecule has 2 amide bonds. The van der Waals surface area contributed by atoms with Crippen LogP contribution in [0.4, 0.5) is 15.5 Å². The fourth-order valence-corrected chi connectivity index (χ4v) is 10.1. The van der Waals surface area contributed by atoms with Crippen molar-refractivity contribution in [1.82, 2.24) is 4.90 Å². The van der Waals surface area contributed by atoms with E-state index >= 15 is 4.11 Å². The average Bonchev–Trinajstić information content (AvgIpc) is 3.54. The van der Waals surface area contributed by atoms with E-state index in [1.165, 1.54) is 12.1 Å². The van der Waals surface area contributed by atoms with E-state index in [1.807, 2.05) is 24.3 Å². The van der Waals surface area contributed by atoms with Gasteiger partial charge in [0, 0.05) is 39.3 Å². The number of hydrogen-bond acceptors (Lipinski definition) is 6. The van der Waals surface area contributed by atoms with Gasteiger partial charge in [-0.25, -0.2) is 0 Å². The zero-order chi connectivity index (χ0) is 29.0. The van der Waals surface area contributed by atoms with Crippen LogP contribution in [0, 0.1) is 19.6 Å². The number of anilines is 1. The molecule has 2 aromatic rings. The number of rotatable bonds is 7. The number of carbonyl (C=O) groups excluding carboxylic acids is 2. The van der Waals surface area contributed by atoms with E-state index < -0.39 is 42.4 Å². The molecule has 40 heavy (non-hydrogen) atoms. The lowest BCUT2D eigenvalue weighted by Crippen LogP contribution is -2.45. The molecule has 0 saturated carbocycles. The summed E-state index contributed by atoms with van der Waals surface area (Å²) in [7, 11) is -3.52. The van der Waals surface area contributed by atoms with Crippen molar-refractivity contribution in [2.24, 2.45) is 5.92 Å². The first-order valence-electron chi connectivity index (χ1n) is 13.5. The summed E-state index contributed by atoms with van der Waals surface area (Å²) in [5.41, 5.74) is -0.840. The SMILES string of the molecule is C[C@@H]1[C@@H]([Si](C)(C)F)[C@H](CC(=O)N2CCC[C@H]2CO)O[C@@]12C(=O)N(Cc1cccc(I)c1)c1ccc([N+](=O)[O-])cc12. The number of benzene rings is 2. The Labute approximate surface area is 247 Å². The molecule has 2 aromatic carbocycles. The zero-order valence-corrected chi connectivity index (χ0v) is 25.8.